The first-order valence-electron chi connectivity index (χ1n) is 10.1. The fourth-order valence-corrected chi connectivity index (χ4v) is 4.50. The highest BCUT2D eigenvalue weighted by Gasteiger charge is 2.39. The van der Waals surface area contributed by atoms with Gasteiger partial charge in [0.05, 0.1) is 0 Å². The average Bonchev–Trinajstić information content (AvgIpc) is 2.99. The molecule has 2 fully saturated rings. The van der Waals surface area contributed by atoms with Crippen LogP contribution in [0.25, 0.3) is 0 Å². The minimum absolute atomic E-state index is 0.151. The molecule has 7 nitrogen and oxygen atoms in total. The Morgan fingerprint density at radius 3 is 2.75 bits per heavy atom. The summed E-state index contributed by atoms with van der Waals surface area (Å²) < 4.78 is 6.22. The van der Waals surface area contributed by atoms with Gasteiger partial charge in [-0.1, -0.05) is 6.92 Å². The first-order chi connectivity index (χ1) is 13.5. The zero-order chi connectivity index (χ0) is 19.8. The number of nitrogens with one attached hydrogen (secondary N) is 1. The third-order valence-electron chi connectivity index (χ3n) is 6.17. The SMILES string of the molecule is CCN1C[C@H](Oc2ccc3c(c2)CN(C2CCC(=O)NC2=O)C3=O)CC[C@H]1C. The second kappa shape index (κ2) is 7.54. The van der Waals surface area contributed by atoms with E-state index in [4.69, 9.17) is 4.74 Å². The second-order valence-corrected chi connectivity index (χ2v) is 7.97. The van der Waals surface area contributed by atoms with E-state index in [0.29, 0.717) is 24.6 Å². The summed E-state index contributed by atoms with van der Waals surface area (Å²) in [5.74, 6) is -0.0409. The van der Waals surface area contributed by atoms with Gasteiger partial charge in [0.2, 0.25) is 11.8 Å². The Morgan fingerprint density at radius 1 is 1.18 bits per heavy atom. The molecule has 1 unspecified atom stereocenters. The van der Waals surface area contributed by atoms with E-state index < -0.39 is 6.04 Å². The Labute approximate surface area is 165 Å². The molecule has 3 heterocycles. The van der Waals surface area contributed by atoms with Crippen molar-refractivity contribution in [3.8, 4) is 5.75 Å². The van der Waals surface area contributed by atoms with Crippen LogP contribution in [-0.4, -0.2) is 58.8 Å². The predicted molar refractivity (Wildman–Crippen MR) is 103 cm³/mol. The van der Waals surface area contributed by atoms with Crippen molar-refractivity contribution in [1.82, 2.24) is 15.1 Å². The molecule has 150 valence electrons. The number of ether oxygens (including phenoxy) is 1. The molecule has 3 amide bonds. The van der Waals surface area contributed by atoms with E-state index in [1.807, 2.05) is 12.1 Å². The van der Waals surface area contributed by atoms with Crippen molar-refractivity contribution in [3.05, 3.63) is 29.3 Å². The highest BCUT2D eigenvalue weighted by Crippen LogP contribution is 2.31. The Kier molecular flexibility index (Phi) is 5.10. The van der Waals surface area contributed by atoms with Gasteiger partial charge in [-0.2, -0.15) is 0 Å². The van der Waals surface area contributed by atoms with Gasteiger partial charge in [-0.15, -0.1) is 0 Å². The molecule has 0 aliphatic carbocycles. The fraction of sp³-hybridized carbons (Fsp3) is 0.571. The molecule has 0 spiro atoms. The van der Waals surface area contributed by atoms with E-state index in [2.05, 4.69) is 24.1 Å². The highest BCUT2D eigenvalue weighted by molar-refractivity contribution is 6.05. The van der Waals surface area contributed by atoms with Crippen LogP contribution < -0.4 is 10.1 Å². The van der Waals surface area contributed by atoms with E-state index in [0.717, 1.165) is 37.2 Å². The fourth-order valence-electron chi connectivity index (χ4n) is 4.50. The van der Waals surface area contributed by atoms with Crippen LogP contribution in [0, 0.1) is 0 Å². The molecule has 3 atom stereocenters. The number of rotatable bonds is 4. The molecule has 0 saturated carbocycles. The molecule has 0 radical (unpaired) electrons. The average molecular weight is 385 g/mol. The maximum Gasteiger partial charge on any atom is 0.255 e. The van der Waals surface area contributed by atoms with Crippen LogP contribution in [0.4, 0.5) is 0 Å². The number of carbonyl (C=O) groups excluding carboxylic acids is 3. The number of likely N-dealkylation sites (tertiary alicyclic amines) is 1. The first-order valence-corrected chi connectivity index (χ1v) is 10.1. The highest BCUT2D eigenvalue weighted by atomic mass is 16.5. The van der Waals surface area contributed by atoms with Crippen LogP contribution in [0.5, 0.6) is 5.75 Å². The summed E-state index contributed by atoms with van der Waals surface area (Å²) in [5.41, 5.74) is 1.49. The van der Waals surface area contributed by atoms with Crippen molar-refractivity contribution in [2.24, 2.45) is 0 Å². The smallest absolute Gasteiger partial charge is 0.255 e. The zero-order valence-electron chi connectivity index (χ0n) is 16.4. The van der Waals surface area contributed by atoms with E-state index in [-0.39, 0.29) is 30.2 Å². The van der Waals surface area contributed by atoms with Gasteiger partial charge in [0.15, 0.2) is 0 Å². The minimum atomic E-state index is -0.583. The molecule has 2 saturated heterocycles. The summed E-state index contributed by atoms with van der Waals surface area (Å²) in [5, 5.41) is 2.33. The number of hydrogen-bond acceptors (Lipinski definition) is 5. The van der Waals surface area contributed by atoms with Gasteiger partial charge in [0, 0.05) is 31.1 Å². The summed E-state index contributed by atoms with van der Waals surface area (Å²) in [6.07, 6.45) is 2.93. The number of carbonyl (C=O) groups is 3. The van der Waals surface area contributed by atoms with Gasteiger partial charge in [-0.05, 0) is 56.5 Å². The zero-order valence-corrected chi connectivity index (χ0v) is 16.4. The van der Waals surface area contributed by atoms with E-state index in [9.17, 15) is 14.4 Å². The van der Waals surface area contributed by atoms with Crippen LogP contribution in [0.2, 0.25) is 0 Å². The molecule has 4 rings (SSSR count). The number of benzene rings is 1. The van der Waals surface area contributed by atoms with Gasteiger partial charge >= 0.3 is 0 Å². The number of fused-ring (bicyclic) bond motifs is 1. The van der Waals surface area contributed by atoms with Gasteiger partial charge in [-0.25, -0.2) is 0 Å². The van der Waals surface area contributed by atoms with Crippen molar-refractivity contribution in [2.75, 3.05) is 13.1 Å². The lowest BCUT2D eigenvalue weighted by Crippen LogP contribution is -2.52. The third-order valence-corrected chi connectivity index (χ3v) is 6.17. The molecule has 3 aliphatic heterocycles. The Balaban J connectivity index is 1.45. The number of nitrogens with zero attached hydrogens (tertiary/aromatic N) is 2. The van der Waals surface area contributed by atoms with Crippen molar-refractivity contribution in [3.63, 3.8) is 0 Å². The predicted octanol–water partition coefficient (Wildman–Crippen LogP) is 1.70. The van der Waals surface area contributed by atoms with Crippen molar-refractivity contribution < 1.29 is 19.1 Å². The van der Waals surface area contributed by atoms with Gasteiger partial charge in [0.25, 0.3) is 5.91 Å². The number of amides is 3. The maximum absolute atomic E-state index is 12.8. The molecular formula is C21H27N3O4. The molecule has 28 heavy (non-hydrogen) atoms. The van der Waals surface area contributed by atoms with E-state index in [1.165, 1.54) is 0 Å². The normalized spacial score (nSPS) is 28.3. The third kappa shape index (κ3) is 3.51. The molecule has 1 aromatic carbocycles. The molecule has 0 bridgehead atoms. The largest absolute Gasteiger partial charge is 0.489 e. The summed E-state index contributed by atoms with van der Waals surface area (Å²) in [7, 11) is 0. The van der Waals surface area contributed by atoms with Crippen LogP contribution in [0.15, 0.2) is 18.2 Å². The second-order valence-electron chi connectivity index (χ2n) is 7.97. The maximum atomic E-state index is 12.8. The Morgan fingerprint density at radius 2 is 2.00 bits per heavy atom. The molecule has 0 aromatic heterocycles. The van der Waals surface area contributed by atoms with Crippen LogP contribution in [0.1, 0.15) is 55.5 Å². The standard InChI is InChI=1S/C21H27N3O4/c1-3-23-12-16(5-4-13(23)2)28-15-6-7-17-14(10-15)11-24(21(17)27)18-8-9-19(25)22-20(18)26/h6-7,10,13,16,18H,3-5,8-9,11-12H2,1-2H3,(H,22,25,26)/t13-,16-,18?/m1/s1. The summed E-state index contributed by atoms with van der Waals surface area (Å²) in [6, 6.07) is 5.57. The Hall–Kier alpha value is -2.41. The monoisotopic (exact) mass is 385 g/mol. The van der Waals surface area contributed by atoms with Crippen molar-refractivity contribution in [2.45, 2.75) is 64.3 Å². The number of likely N-dealkylation sites (N-methyl/N-ethyl adjacent to an activating group) is 1. The van der Waals surface area contributed by atoms with Crippen LogP contribution >= 0.6 is 0 Å². The number of imide groups is 1. The molecular weight excluding hydrogens is 358 g/mol. The Bertz CT molecular complexity index is 809. The molecule has 1 aromatic rings. The lowest BCUT2D eigenvalue weighted by molar-refractivity contribution is -0.136. The summed E-state index contributed by atoms with van der Waals surface area (Å²) in [6.45, 7) is 6.73. The minimum Gasteiger partial charge on any atom is -0.489 e. The first kappa shape index (κ1) is 18.9. The van der Waals surface area contributed by atoms with Crippen molar-refractivity contribution in [1.29, 1.82) is 0 Å². The topological polar surface area (TPSA) is 79.0 Å². The van der Waals surface area contributed by atoms with E-state index in [1.54, 1.807) is 11.0 Å². The lowest BCUT2D eigenvalue weighted by atomic mass is 10.0. The van der Waals surface area contributed by atoms with Crippen molar-refractivity contribution >= 4 is 17.7 Å². The summed E-state index contributed by atoms with van der Waals surface area (Å²) in [4.78, 5) is 40.3. The summed E-state index contributed by atoms with van der Waals surface area (Å²) >= 11 is 0. The van der Waals surface area contributed by atoms with Gasteiger partial charge in [-0.3, -0.25) is 24.6 Å². The quantitative estimate of drug-likeness (QED) is 0.798. The molecule has 1 N–H and O–H groups in total. The van der Waals surface area contributed by atoms with Gasteiger partial charge < -0.3 is 9.64 Å². The molecule has 7 heteroatoms. The van der Waals surface area contributed by atoms with Gasteiger partial charge in [0.1, 0.15) is 17.9 Å². The molecule has 3 aliphatic rings. The van der Waals surface area contributed by atoms with Crippen LogP contribution in [0.3, 0.4) is 0 Å². The van der Waals surface area contributed by atoms with E-state index >= 15 is 0 Å². The number of piperidine rings is 2. The number of hydrogen-bond donors (Lipinski definition) is 1. The lowest BCUT2D eigenvalue weighted by Gasteiger charge is -2.37. The van der Waals surface area contributed by atoms with Crippen LogP contribution in [-0.2, 0) is 16.1 Å².